The van der Waals surface area contributed by atoms with Gasteiger partial charge in [0.2, 0.25) is 5.91 Å². The maximum Gasteiger partial charge on any atom is 0.224 e. The fraction of sp³-hybridized carbons (Fsp3) is 0.300. The number of ketones is 1. The number of carbonyl (C=O) groups excluding carboxylic acids is 2. The Morgan fingerprint density at radius 2 is 2.00 bits per heavy atom. The summed E-state index contributed by atoms with van der Waals surface area (Å²) in [6, 6.07) is 14.9. The molecular weight excluding hydrogens is 338 g/mol. The maximum absolute atomic E-state index is 12.5. The van der Waals surface area contributed by atoms with Crippen molar-refractivity contribution in [3.63, 3.8) is 0 Å². The monoisotopic (exact) mass is 357 g/mol. The second-order valence-corrected chi connectivity index (χ2v) is 6.72. The van der Waals surface area contributed by atoms with Gasteiger partial charge in [-0.3, -0.25) is 9.59 Å². The second-order valence-electron chi connectivity index (χ2n) is 6.28. The molecule has 0 aliphatic carbocycles. The SMILES string of the molecule is COc1cccc([C@H]2CNC(=O)[C@@H]2CC(=O)Cc2ccc(Cl)cc2)c1. The number of Topliss-reactive ketones (excluding diaryl/α,β-unsaturated/α-hetero) is 1. The number of carbonyl (C=O) groups is 2. The van der Waals surface area contributed by atoms with Gasteiger partial charge in [0.05, 0.1) is 13.0 Å². The molecule has 1 heterocycles. The van der Waals surface area contributed by atoms with E-state index in [0.717, 1.165) is 16.9 Å². The van der Waals surface area contributed by atoms with Gasteiger partial charge in [0, 0.05) is 30.3 Å². The van der Waals surface area contributed by atoms with Crippen LogP contribution >= 0.6 is 11.6 Å². The number of halogens is 1. The van der Waals surface area contributed by atoms with Gasteiger partial charge in [-0.1, -0.05) is 35.9 Å². The van der Waals surface area contributed by atoms with E-state index in [2.05, 4.69) is 5.32 Å². The molecule has 1 amide bonds. The number of benzene rings is 2. The van der Waals surface area contributed by atoms with Crippen LogP contribution in [-0.4, -0.2) is 25.3 Å². The highest BCUT2D eigenvalue weighted by Gasteiger charge is 2.37. The summed E-state index contributed by atoms with van der Waals surface area (Å²) in [6.45, 7) is 0.547. The van der Waals surface area contributed by atoms with Crippen LogP contribution in [0.2, 0.25) is 5.02 Å². The number of hydrogen-bond donors (Lipinski definition) is 1. The first kappa shape index (κ1) is 17.5. The van der Waals surface area contributed by atoms with Gasteiger partial charge in [0.1, 0.15) is 11.5 Å². The first-order chi connectivity index (χ1) is 12.1. The molecular formula is C20H20ClNO3. The molecule has 1 aliphatic rings. The third-order valence-electron chi connectivity index (χ3n) is 4.60. The molecule has 0 aromatic heterocycles. The van der Waals surface area contributed by atoms with Crippen molar-refractivity contribution in [2.75, 3.05) is 13.7 Å². The zero-order valence-electron chi connectivity index (χ0n) is 14.0. The summed E-state index contributed by atoms with van der Waals surface area (Å²) in [6.07, 6.45) is 0.544. The van der Waals surface area contributed by atoms with Crippen molar-refractivity contribution in [3.05, 3.63) is 64.7 Å². The van der Waals surface area contributed by atoms with Crippen LogP contribution < -0.4 is 10.1 Å². The van der Waals surface area contributed by atoms with Crippen molar-refractivity contribution in [3.8, 4) is 5.75 Å². The number of ether oxygens (including phenoxy) is 1. The fourth-order valence-electron chi connectivity index (χ4n) is 3.27. The zero-order valence-corrected chi connectivity index (χ0v) is 14.8. The smallest absolute Gasteiger partial charge is 0.224 e. The molecule has 0 unspecified atom stereocenters. The topological polar surface area (TPSA) is 55.4 Å². The van der Waals surface area contributed by atoms with E-state index in [1.165, 1.54) is 0 Å². The first-order valence-corrected chi connectivity index (χ1v) is 8.62. The molecule has 3 rings (SSSR count). The van der Waals surface area contributed by atoms with Crippen molar-refractivity contribution in [2.45, 2.75) is 18.8 Å². The van der Waals surface area contributed by atoms with Gasteiger partial charge in [-0.15, -0.1) is 0 Å². The highest BCUT2D eigenvalue weighted by Crippen LogP contribution is 2.33. The van der Waals surface area contributed by atoms with Crippen LogP contribution in [0.3, 0.4) is 0 Å². The molecule has 0 radical (unpaired) electrons. The molecule has 0 spiro atoms. The molecule has 1 aliphatic heterocycles. The van der Waals surface area contributed by atoms with Crippen LogP contribution in [0, 0.1) is 5.92 Å². The lowest BCUT2D eigenvalue weighted by Gasteiger charge is -2.17. The lowest BCUT2D eigenvalue weighted by Crippen LogP contribution is -2.23. The number of amides is 1. The van der Waals surface area contributed by atoms with Crippen LogP contribution in [0.4, 0.5) is 0 Å². The third-order valence-corrected chi connectivity index (χ3v) is 4.85. The number of methoxy groups -OCH3 is 1. The highest BCUT2D eigenvalue weighted by molar-refractivity contribution is 6.30. The van der Waals surface area contributed by atoms with Crippen LogP contribution in [-0.2, 0) is 16.0 Å². The van der Waals surface area contributed by atoms with Crippen LogP contribution in [0.5, 0.6) is 5.75 Å². The van der Waals surface area contributed by atoms with E-state index in [1.807, 2.05) is 36.4 Å². The molecule has 4 nitrogen and oxygen atoms in total. The summed E-state index contributed by atoms with van der Waals surface area (Å²) in [5.74, 6) is 0.390. The molecule has 130 valence electrons. The van der Waals surface area contributed by atoms with E-state index < -0.39 is 0 Å². The summed E-state index contributed by atoms with van der Waals surface area (Å²) in [7, 11) is 1.62. The van der Waals surface area contributed by atoms with E-state index in [1.54, 1.807) is 19.2 Å². The van der Waals surface area contributed by atoms with Gasteiger partial charge in [-0.05, 0) is 35.4 Å². The van der Waals surface area contributed by atoms with Gasteiger partial charge >= 0.3 is 0 Å². The summed E-state index contributed by atoms with van der Waals surface area (Å²) in [5.41, 5.74) is 1.92. The minimum atomic E-state index is -0.341. The Morgan fingerprint density at radius 3 is 2.72 bits per heavy atom. The quantitative estimate of drug-likeness (QED) is 0.862. The zero-order chi connectivity index (χ0) is 17.8. The predicted molar refractivity (Wildman–Crippen MR) is 97.0 cm³/mol. The largest absolute Gasteiger partial charge is 0.497 e. The van der Waals surface area contributed by atoms with Gasteiger partial charge in [-0.25, -0.2) is 0 Å². The Kier molecular flexibility index (Phi) is 5.39. The van der Waals surface area contributed by atoms with E-state index in [0.29, 0.717) is 18.0 Å². The average Bonchev–Trinajstić information content (AvgIpc) is 2.97. The van der Waals surface area contributed by atoms with Crippen molar-refractivity contribution >= 4 is 23.3 Å². The molecule has 5 heteroatoms. The standard InChI is InChI=1S/C20H20ClNO3/c1-25-17-4-2-3-14(10-17)19-12-22-20(24)18(19)11-16(23)9-13-5-7-15(21)8-6-13/h2-8,10,18-19H,9,11-12H2,1H3,(H,22,24)/t18-,19-/m1/s1. The van der Waals surface area contributed by atoms with Crippen LogP contribution in [0.25, 0.3) is 0 Å². The van der Waals surface area contributed by atoms with Gasteiger partial charge in [0.15, 0.2) is 0 Å². The normalized spacial score (nSPS) is 19.5. The van der Waals surface area contributed by atoms with Crippen molar-refractivity contribution < 1.29 is 14.3 Å². The summed E-state index contributed by atoms with van der Waals surface area (Å²) in [4.78, 5) is 24.7. The molecule has 2 atom stereocenters. The maximum atomic E-state index is 12.5. The predicted octanol–water partition coefficient (Wildman–Crippen LogP) is 3.38. The summed E-state index contributed by atoms with van der Waals surface area (Å²) < 4.78 is 5.26. The van der Waals surface area contributed by atoms with Crippen molar-refractivity contribution in [1.82, 2.24) is 5.32 Å². The van der Waals surface area contributed by atoms with E-state index in [9.17, 15) is 9.59 Å². The minimum Gasteiger partial charge on any atom is -0.497 e. The number of rotatable bonds is 6. The Balaban J connectivity index is 1.71. The molecule has 1 fully saturated rings. The van der Waals surface area contributed by atoms with Crippen molar-refractivity contribution in [2.24, 2.45) is 5.92 Å². The lowest BCUT2D eigenvalue weighted by atomic mass is 9.84. The molecule has 1 N–H and O–H groups in total. The molecule has 2 aromatic rings. The summed E-state index contributed by atoms with van der Waals surface area (Å²) in [5, 5.41) is 3.53. The molecule has 2 aromatic carbocycles. The van der Waals surface area contributed by atoms with Gasteiger partial charge < -0.3 is 10.1 Å². The first-order valence-electron chi connectivity index (χ1n) is 8.24. The summed E-state index contributed by atoms with van der Waals surface area (Å²) >= 11 is 5.87. The van der Waals surface area contributed by atoms with Crippen molar-refractivity contribution in [1.29, 1.82) is 0 Å². The molecule has 25 heavy (non-hydrogen) atoms. The Labute approximate surface area is 152 Å². The molecule has 0 bridgehead atoms. The Bertz CT molecular complexity index is 773. The van der Waals surface area contributed by atoms with Crippen LogP contribution in [0.15, 0.2) is 48.5 Å². The lowest BCUT2D eigenvalue weighted by molar-refractivity contribution is -0.127. The Morgan fingerprint density at radius 1 is 1.24 bits per heavy atom. The van der Waals surface area contributed by atoms with E-state index >= 15 is 0 Å². The average molecular weight is 358 g/mol. The Hall–Kier alpha value is -2.33. The fourth-order valence-corrected chi connectivity index (χ4v) is 3.40. The van der Waals surface area contributed by atoms with Crippen LogP contribution in [0.1, 0.15) is 23.5 Å². The van der Waals surface area contributed by atoms with E-state index in [-0.39, 0.29) is 29.9 Å². The van der Waals surface area contributed by atoms with Gasteiger partial charge in [-0.2, -0.15) is 0 Å². The molecule has 1 saturated heterocycles. The second kappa shape index (κ2) is 7.70. The number of nitrogens with one attached hydrogen (secondary N) is 1. The van der Waals surface area contributed by atoms with E-state index in [4.69, 9.17) is 16.3 Å². The molecule has 0 saturated carbocycles. The minimum absolute atomic E-state index is 0.0169. The third kappa shape index (κ3) is 4.20. The number of hydrogen-bond acceptors (Lipinski definition) is 3. The highest BCUT2D eigenvalue weighted by atomic mass is 35.5. The van der Waals surface area contributed by atoms with Gasteiger partial charge in [0.25, 0.3) is 0 Å².